The van der Waals surface area contributed by atoms with Crippen molar-refractivity contribution in [2.45, 2.75) is 34.1 Å². The molecule has 5 heteroatoms. The topological polar surface area (TPSA) is 69.7 Å². The van der Waals surface area contributed by atoms with E-state index in [9.17, 15) is 14.4 Å². The van der Waals surface area contributed by atoms with Crippen LogP contribution in [0.2, 0.25) is 0 Å². The summed E-state index contributed by atoms with van der Waals surface area (Å²) in [4.78, 5) is 30.7. The first-order chi connectivity index (χ1) is 7.29. The lowest BCUT2D eigenvalue weighted by Gasteiger charge is -1.98. The van der Waals surface area contributed by atoms with Crippen LogP contribution in [-0.2, 0) is 23.9 Å². The smallest absolute Gasteiger partial charge is 0.318 e. The van der Waals surface area contributed by atoms with Crippen LogP contribution in [0.4, 0.5) is 0 Å². The summed E-state index contributed by atoms with van der Waals surface area (Å²) >= 11 is 0. The molecule has 0 atom stereocenters. The number of carbonyl (C=O) groups is 3. The number of ether oxygens (including phenoxy) is 2. The number of hydrogen-bond acceptors (Lipinski definition) is 5. The molecular formula is C11H18O5. The first-order valence-corrected chi connectivity index (χ1v) is 4.78. The molecule has 0 aliphatic rings. The number of rotatable bonds is 4. The number of carbonyl (C=O) groups excluding carboxylic acids is 3. The minimum Gasteiger partial charge on any atom is -0.466 e. The van der Waals surface area contributed by atoms with Crippen LogP contribution in [0.3, 0.4) is 0 Å². The molecule has 0 saturated carbocycles. The van der Waals surface area contributed by atoms with E-state index in [2.05, 4.69) is 16.1 Å². The highest BCUT2D eigenvalue weighted by Gasteiger charge is 2.05. The molecule has 0 aliphatic carbocycles. The Hall–Kier alpha value is -1.65. The van der Waals surface area contributed by atoms with Crippen molar-refractivity contribution in [1.82, 2.24) is 0 Å². The van der Waals surface area contributed by atoms with Crippen LogP contribution < -0.4 is 0 Å². The molecule has 0 heterocycles. The van der Waals surface area contributed by atoms with Crippen LogP contribution in [0.5, 0.6) is 0 Å². The molecule has 0 N–H and O–H groups in total. The van der Waals surface area contributed by atoms with Crippen molar-refractivity contribution in [2.24, 2.45) is 0 Å². The minimum atomic E-state index is -0.542. The predicted octanol–water partition coefficient (Wildman–Crippen LogP) is 1.61. The Morgan fingerprint density at radius 1 is 1.12 bits per heavy atom. The van der Waals surface area contributed by atoms with Gasteiger partial charge in [0.25, 0.3) is 0 Å². The SMILES string of the molecule is C=C(C)OC(=O)CC(C)=O.CCOC(C)=O. The first kappa shape index (κ1) is 16.8. The Labute approximate surface area is 95.4 Å². The summed E-state index contributed by atoms with van der Waals surface area (Å²) in [6, 6.07) is 0. The van der Waals surface area contributed by atoms with Crippen molar-refractivity contribution in [2.75, 3.05) is 6.61 Å². The molecule has 0 saturated heterocycles. The Morgan fingerprint density at radius 2 is 1.62 bits per heavy atom. The number of allylic oxidation sites excluding steroid dienone is 1. The van der Waals surface area contributed by atoms with E-state index in [0.717, 1.165) is 0 Å². The Morgan fingerprint density at radius 3 is 1.81 bits per heavy atom. The maximum atomic E-state index is 10.6. The van der Waals surface area contributed by atoms with Crippen LogP contribution in [0, 0.1) is 0 Å². The number of Topliss-reactive ketones (excluding diaryl/α,β-unsaturated/α-hetero) is 1. The molecule has 0 rings (SSSR count). The van der Waals surface area contributed by atoms with Gasteiger partial charge in [0.15, 0.2) is 0 Å². The van der Waals surface area contributed by atoms with E-state index in [-0.39, 0.29) is 18.2 Å². The molecule has 0 aromatic heterocycles. The van der Waals surface area contributed by atoms with Crippen molar-refractivity contribution < 1.29 is 23.9 Å². The third-order valence-electron chi connectivity index (χ3n) is 1.03. The standard InChI is InChI=1S/C7H10O3.C4H8O2/c1-5(2)10-7(9)4-6(3)8;1-3-6-4(2)5/h1,4H2,2-3H3;3H2,1-2H3. The normalized spacial score (nSPS) is 8.25. The quantitative estimate of drug-likeness (QED) is 0.417. The van der Waals surface area contributed by atoms with Gasteiger partial charge in [0.1, 0.15) is 12.2 Å². The van der Waals surface area contributed by atoms with Crippen molar-refractivity contribution in [3.05, 3.63) is 12.3 Å². The van der Waals surface area contributed by atoms with Crippen molar-refractivity contribution in [3.63, 3.8) is 0 Å². The van der Waals surface area contributed by atoms with Crippen LogP contribution in [0.1, 0.15) is 34.1 Å². The van der Waals surface area contributed by atoms with Gasteiger partial charge in [0.2, 0.25) is 0 Å². The van der Waals surface area contributed by atoms with Crippen molar-refractivity contribution >= 4 is 17.7 Å². The number of hydrogen-bond donors (Lipinski definition) is 0. The molecule has 0 unspecified atom stereocenters. The molecule has 0 aromatic carbocycles. The van der Waals surface area contributed by atoms with E-state index < -0.39 is 5.97 Å². The van der Waals surface area contributed by atoms with Gasteiger partial charge in [-0.15, -0.1) is 0 Å². The molecule has 5 nitrogen and oxygen atoms in total. The molecule has 0 bridgehead atoms. The van der Waals surface area contributed by atoms with Crippen LogP contribution in [0.25, 0.3) is 0 Å². The fourth-order valence-electron chi connectivity index (χ4n) is 0.637. The van der Waals surface area contributed by atoms with Crippen LogP contribution in [0.15, 0.2) is 12.3 Å². The molecule has 0 aromatic rings. The Kier molecular flexibility index (Phi) is 10.4. The van der Waals surface area contributed by atoms with Gasteiger partial charge in [-0.2, -0.15) is 0 Å². The van der Waals surface area contributed by atoms with Gasteiger partial charge in [0, 0.05) is 6.92 Å². The Balaban J connectivity index is 0. The summed E-state index contributed by atoms with van der Waals surface area (Å²) < 4.78 is 8.91. The molecule has 92 valence electrons. The second-order valence-corrected chi connectivity index (χ2v) is 2.98. The summed E-state index contributed by atoms with van der Waals surface area (Å²) in [5.41, 5.74) is 0. The highest BCUT2D eigenvalue weighted by atomic mass is 16.5. The summed E-state index contributed by atoms with van der Waals surface area (Å²) in [5, 5.41) is 0. The van der Waals surface area contributed by atoms with Crippen LogP contribution >= 0.6 is 0 Å². The molecule has 0 radical (unpaired) electrons. The summed E-state index contributed by atoms with van der Waals surface area (Å²) in [5.74, 6) is -0.644. The number of esters is 2. The third-order valence-corrected chi connectivity index (χ3v) is 1.03. The second kappa shape index (κ2) is 9.89. The lowest BCUT2D eigenvalue weighted by molar-refractivity contribution is -0.142. The van der Waals surface area contributed by atoms with Crippen molar-refractivity contribution in [1.29, 1.82) is 0 Å². The van der Waals surface area contributed by atoms with Gasteiger partial charge in [-0.25, -0.2) is 0 Å². The number of ketones is 1. The van der Waals surface area contributed by atoms with Crippen molar-refractivity contribution in [3.8, 4) is 0 Å². The van der Waals surface area contributed by atoms with Gasteiger partial charge in [-0.05, 0) is 20.8 Å². The van der Waals surface area contributed by atoms with Gasteiger partial charge in [-0.3, -0.25) is 14.4 Å². The molecule has 0 aliphatic heterocycles. The predicted molar refractivity (Wildman–Crippen MR) is 58.5 cm³/mol. The lowest BCUT2D eigenvalue weighted by Crippen LogP contribution is -2.06. The van der Waals surface area contributed by atoms with Crippen LogP contribution in [-0.4, -0.2) is 24.3 Å². The average molecular weight is 230 g/mol. The zero-order valence-electron chi connectivity index (χ0n) is 10.2. The lowest BCUT2D eigenvalue weighted by atomic mass is 10.3. The monoisotopic (exact) mass is 230 g/mol. The van der Waals surface area contributed by atoms with E-state index in [1.807, 2.05) is 0 Å². The van der Waals surface area contributed by atoms with Gasteiger partial charge in [0.05, 0.1) is 12.4 Å². The summed E-state index contributed by atoms with van der Waals surface area (Å²) in [6.07, 6.45) is -0.174. The Bertz CT molecular complexity index is 250. The third kappa shape index (κ3) is 18.2. The van der Waals surface area contributed by atoms with Gasteiger partial charge in [-0.1, -0.05) is 6.58 Å². The van der Waals surface area contributed by atoms with E-state index in [1.54, 1.807) is 13.8 Å². The molecule has 0 spiro atoms. The summed E-state index contributed by atoms with van der Waals surface area (Å²) in [6.45, 7) is 9.89. The van der Waals surface area contributed by atoms with E-state index in [0.29, 0.717) is 12.4 Å². The fourth-order valence-corrected chi connectivity index (χ4v) is 0.637. The van der Waals surface area contributed by atoms with E-state index >= 15 is 0 Å². The largest absolute Gasteiger partial charge is 0.466 e. The molecule has 16 heavy (non-hydrogen) atoms. The first-order valence-electron chi connectivity index (χ1n) is 4.78. The highest BCUT2D eigenvalue weighted by Crippen LogP contribution is 1.94. The highest BCUT2D eigenvalue weighted by molar-refractivity contribution is 5.94. The summed E-state index contributed by atoms with van der Waals surface area (Å²) in [7, 11) is 0. The van der Waals surface area contributed by atoms with Gasteiger partial charge < -0.3 is 9.47 Å². The second-order valence-electron chi connectivity index (χ2n) is 2.98. The molecule has 0 amide bonds. The zero-order chi connectivity index (χ0) is 13.1. The maximum Gasteiger partial charge on any atom is 0.318 e. The molecular weight excluding hydrogens is 212 g/mol. The zero-order valence-corrected chi connectivity index (χ0v) is 10.2. The molecule has 0 fully saturated rings. The average Bonchev–Trinajstić information content (AvgIpc) is 2.00. The fraction of sp³-hybridized carbons (Fsp3) is 0.545. The minimum absolute atomic E-state index is 0.174. The van der Waals surface area contributed by atoms with E-state index in [1.165, 1.54) is 13.8 Å². The van der Waals surface area contributed by atoms with E-state index in [4.69, 9.17) is 0 Å². The maximum absolute atomic E-state index is 10.6. The van der Waals surface area contributed by atoms with Gasteiger partial charge >= 0.3 is 11.9 Å².